The van der Waals surface area contributed by atoms with Gasteiger partial charge in [0.15, 0.2) is 0 Å². The SMILES string of the molecule is CC(=O)C1C2CC(C)(C)CC21. The standard InChI is InChI=1S/C10H16O/c1-6(11)9-7-4-10(2,3)5-8(7)9/h7-9H,4-5H2,1-3H3. The van der Waals surface area contributed by atoms with Gasteiger partial charge in [0.2, 0.25) is 0 Å². The van der Waals surface area contributed by atoms with Gasteiger partial charge in [0, 0.05) is 5.92 Å². The summed E-state index contributed by atoms with van der Waals surface area (Å²) in [6, 6.07) is 0. The molecular weight excluding hydrogens is 136 g/mol. The van der Waals surface area contributed by atoms with Crippen molar-refractivity contribution in [1.82, 2.24) is 0 Å². The lowest BCUT2D eigenvalue weighted by Gasteiger charge is -2.20. The molecule has 2 aliphatic carbocycles. The fraction of sp³-hybridized carbons (Fsp3) is 0.900. The highest BCUT2D eigenvalue weighted by molar-refractivity contribution is 5.82. The third kappa shape index (κ3) is 1.02. The number of hydrogen-bond acceptors (Lipinski definition) is 1. The highest BCUT2D eigenvalue weighted by atomic mass is 16.1. The molecule has 2 fully saturated rings. The molecule has 0 aromatic carbocycles. The molecule has 0 heterocycles. The second kappa shape index (κ2) is 1.88. The summed E-state index contributed by atoms with van der Waals surface area (Å²) < 4.78 is 0. The van der Waals surface area contributed by atoms with E-state index in [2.05, 4.69) is 13.8 Å². The molecule has 0 aliphatic heterocycles. The van der Waals surface area contributed by atoms with E-state index >= 15 is 0 Å². The number of rotatable bonds is 1. The molecule has 1 nitrogen and oxygen atoms in total. The molecule has 2 atom stereocenters. The summed E-state index contributed by atoms with van der Waals surface area (Å²) in [5, 5.41) is 0. The van der Waals surface area contributed by atoms with E-state index in [9.17, 15) is 4.79 Å². The van der Waals surface area contributed by atoms with Crippen LogP contribution in [-0.4, -0.2) is 5.78 Å². The van der Waals surface area contributed by atoms with Crippen LogP contribution in [0.15, 0.2) is 0 Å². The number of hydrogen-bond donors (Lipinski definition) is 0. The first-order chi connectivity index (χ1) is 5.01. The van der Waals surface area contributed by atoms with E-state index in [1.807, 2.05) is 0 Å². The van der Waals surface area contributed by atoms with E-state index in [1.54, 1.807) is 6.92 Å². The second-order valence-electron chi connectivity index (χ2n) is 5.04. The largest absolute Gasteiger partial charge is 0.300 e. The molecule has 0 saturated heterocycles. The van der Waals surface area contributed by atoms with Crippen LogP contribution >= 0.6 is 0 Å². The third-order valence-electron chi connectivity index (χ3n) is 3.38. The summed E-state index contributed by atoms with van der Waals surface area (Å²) in [6.45, 7) is 6.38. The zero-order valence-corrected chi connectivity index (χ0v) is 7.55. The fourth-order valence-electron chi connectivity index (χ4n) is 2.96. The molecule has 0 aromatic heterocycles. The number of ketones is 1. The maximum Gasteiger partial charge on any atom is 0.133 e. The number of fused-ring (bicyclic) bond motifs is 1. The minimum absolute atomic E-state index is 0.426. The smallest absolute Gasteiger partial charge is 0.133 e. The van der Waals surface area contributed by atoms with Crippen LogP contribution in [0.3, 0.4) is 0 Å². The molecular formula is C10H16O. The van der Waals surface area contributed by atoms with Crippen LogP contribution in [0.5, 0.6) is 0 Å². The average Bonchev–Trinajstić information content (AvgIpc) is 2.31. The van der Waals surface area contributed by atoms with Gasteiger partial charge in [-0.3, -0.25) is 4.79 Å². The second-order valence-corrected chi connectivity index (χ2v) is 5.04. The van der Waals surface area contributed by atoms with Gasteiger partial charge in [0.05, 0.1) is 0 Å². The molecule has 0 N–H and O–H groups in total. The summed E-state index contributed by atoms with van der Waals surface area (Å²) >= 11 is 0. The maximum absolute atomic E-state index is 11.0. The molecule has 62 valence electrons. The molecule has 0 bridgehead atoms. The monoisotopic (exact) mass is 152 g/mol. The lowest BCUT2D eigenvalue weighted by Crippen LogP contribution is -2.12. The van der Waals surface area contributed by atoms with Crippen LogP contribution < -0.4 is 0 Å². The van der Waals surface area contributed by atoms with Gasteiger partial charge in [-0.25, -0.2) is 0 Å². The third-order valence-corrected chi connectivity index (χ3v) is 3.38. The first-order valence-corrected chi connectivity index (χ1v) is 4.52. The molecule has 11 heavy (non-hydrogen) atoms. The van der Waals surface area contributed by atoms with E-state index < -0.39 is 0 Å². The van der Waals surface area contributed by atoms with Crippen LogP contribution in [0, 0.1) is 23.2 Å². The molecule has 0 amide bonds. The summed E-state index contributed by atoms with van der Waals surface area (Å²) in [6.07, 6.45) is 2.56. The van der Waals surface area contributed by atoms with Crippen molar-refractivity contribution in [3.05, 3.63) is 0 Å². The Bertz CT molecular complexity index is 191. The van der Waals surface area contributed by atoms with E-state index in [4.69, 9.17) is 0 Å². The van der Waals surface area contributed by atoms with Gasteiger partial charge < -0.3 is 0 Å². The van der Waals surface area contributed by atoms with Crippen LogP contribution in [-0.2, 0) is 4.79 Å². The van der Waals surface area contributed by atoms with Crippen LogP contribution in [0.25, 0.3) is 0 Å². The van der Waals surface area contributed by atoms with Crippen molar-refractivity contribution < 1.29 is 4.79 Å². The molecule has 2 rings (SSSR count). The highest BCUT2D eigenvalue weighted by Crippen LogP contribution is 2.63. The van der Waals surface area contributed by atoms with Gasteiger partial charge in [-0.2, -0.15) is 0 Å². The Labute approximate surface area is 68.2 Å². The zero-order chi connectivity index (χ0) is 8.22. The first kappa shape index (κ1) is 7.33. The summed E-state index contributed by atoms with van der Waals surface area (Å²) in [5.41, 5.74) is 0.529. The fourth-order valence-corrected chi connectivity index (χ4v) is 2.96. The van der Waals surface area contributed by atoms with Crippen molar-refractivity contribution >= 4 is 5.78 Å². The number of carbonyl (C=O) groups excluding carboxylic acids is 1. The van der Waals surface area contributed by atoms with Gasteiger partial charge in [0.25, 0.3) is 0 Å². The Balaban J connectivity index is 2.01. The van der Waals surface area contributed by atoms with Crippen LogP contribution in [0.1, 0.15) is 33.6 Å². The Morgan fingerprint density at radius 2 is 1.73 bits per heavy atom. The normalized spacial score (nSPS) is 45.2. The molecule has 0 radical (unpaired) electrons. The molecule has 2 unspecified atom stereocenters. The lowest BCUT2D eigenvalue weighted by molar-refractivity contribution is -0.119. The van der Waals surface area contributed by atoms with E-state index in [0.29, 0.717) is 17.1 Å². The predicted octanol–water partition coefficient (Wildman–Crippen LogP) is 2.26. The Hall–Kier alpha value is -0.330. The van der Waals surface area contributed by atoms with Crippen LogP contribution in [0.4, 0.5) is 0 Å². The Morgan fingerprint density at radius 3 is 2.09 bits per heavy atom. The van der Waals surface area contributed by atoms with Gasteiger partial charge in [-0.1, -0.05) is 13.8 Å². The molecule has 0 spiro atoms. The van der Waals surface area contributed by atoms with Gasteiger partial charge in [-0.05, 0) is 37.0 Å². The summed E-state index contributed by atoms with van der Waals surface area (Å²) in [7, 11) is 0. The van der Waals surface area contributed by atoms with Crippen molar-refractivity contribution in [3.8, 4) is 0 Å². The van der Waals surface area contributed by atoms with Gasteiger partial charge in [0.1, 0.15) is 5.78 Å². The molecule has 2 aliphatic rings. The van der Waals surface area contributed by atoms with Gasteiger partial charge >= 0.3 is 0 Å². The number of carbonyl (C=O) groups is 1. The minimum Gasteiger partial charge on any atom is -0.300 e. The minimum atomic E-state index is 0.426. The predicted molar refractivity (Wildman–Crippen MR) is 44.2 cm³/mol. The van der Waals surface area contributed by atoms with Crippen molar-refractivity contribution in [2.24, 2.45) is 23.2 Å². The van der Waals surface area contributed by atoms with Crippen LogP contribution in [0.2, 0.25) is 0 Å². The lowest BCUT2D eigenvalue weighted by atomic mass is 9.85. The van der Waals surface area contributed by atoms with E-state index in [0.717, 1.165) is 11.8 Å². The van der Waals surface area contributed by atoms with Crippen molar-refractivity contribution in [2.45, 2.75) is 33.6 Å². The van der Waals surface area contributed by atoms with Crippen molar-refractivity contribution in [3.63, 3.8) is 0 Å². The van der Waals surface area contributed by atoms with Crippen molar-refractivity contribution in [2.75, 3.05) is 0 Å². The number of Topliss-reactive ketones (excluding diaryl/α,β-unsaturated/α-hetero) is 1. The zero-order valence-electron chi connectivity index (χ0n) is 7.55. The maximum atomic E-state index is 11.0. The van der Waals surface area contributed by atoms with E-state index in [1.165, 1.54) is 12.8 Å². The quantitative estimate of drug-likeness (QED) is 0.563. The Kier molecular flexibility index (Phi) is 1.25. The molecule has 0 aromatic rings. The average molecular weight is 152 g/mol. The Morgan fingerprint density at radius 1 is 1.27 bits per heavy atom. The summed E-state index contributed by atoms with van der Waals surface area (Å²) in [5.74, 6) is 2.42. The molecule has 2 saturated carbocycles. The van der Waals surface area contributed by atoms with Crippen molar-refractivity contribution in [1.29, 1.82) is 0 Å². The first-order valence-electron chi connectivity index (χ1n) is 4.52. The highest BCUT2D eigenvalue weighted by Gasteiger charge is 2.60. The van der Waals surface area contributed by atoms with Gasteiger partial charge in [-0.15, -0.1) is 0 Å². The van der Waals surface area contributed by atoms with E-state index in [-0.39, 0.29) is 0 Å². The molecule has 1 heteroatoms. The topological polar surface area (TPSA) is 17.1 Å². The summed E-state index contributed by atoms with van der Waals surface area (Å²) in [4.78, 5) is 11.0.